The molecule has 13 heteroatoms. The Balaban J connectivity index is 1.71. The van der Waals surface area contributed by atoms with Gasteiger partial charge < -0.3 is 18.9 Å². The van der Waals surface area contributed by atoms with Crippen LogP contribution in [-0.2, 0) is 16.1 Å². The van der Waals surface area contributed by atoms with Crippen LogP contribution in [0.15, 0.2) is 81.7 Å². The lowest BCUT2D eigenvalue weighted by Gasteiger charge is -2.27. The number of ether oxygens (including phenoxy) is 4. The summed E-state index contributed by atoms with van der Waals surface area (Å²) in [6.07, 6.45) is 2.53. The van der Waals surface area contributed by atoms with E-state index >= 15 is 0 Å². The van der Waals surface area contributed by atoms with Crippen LogP contribution in [-0.4, -0.2) is 36.3 Å². The third kappa shape index (κ3) is 6.93. The average Bonchev–Trinajstić information content (AvgIpc) is 3.37. The first kappa shape index (κ1) is 33.4. The molecule has 0 N–H and O–H groups in total. The number of aromatic nitrogens is 1. The Kier molecular flexibility index (Phi) is 10.4. The number of hydrogen-bond acceptors (Lipinski definition) is 10. The van der Waals surface area contributed by atoms with Crippen LogP contribution in [0.3, 0.4) is 0 Å². The molecule has 0 bridgehead atoms. The summed E-state index contributed by atoms with van der Waals surface area (Å²) >= 11 is 7.46. The van der Waals surface area contributed by atoms with Crippen LogP contribution in [0.5, 0.6) is 17.2 Å². The van der Waals surface area contributed by atoms with Gasteiger partial charge in [-0.25, -0.2) is 9.79 Å². The first-order valence-electron chi connectivity index (χ1n) is 14.8. The van der Waals surface area contributed by atoms with Crippen LogP contribution in [0.25, 0.3) is 6.08 Å². The van der Waals surface area contributed by atoms with Crippen molar-refractivity contribution < 1.29 is 28.7 Å². The Morgan fingerprint density at radius 3 is 2.47 bits per heavy atom. The fourth-order valence-corrected chi connectivity index (χ4v) is 6.51. The van der Waals surface area contributed by atoms with E-state index in [1.807, 2.05) is 37.3 Å². The molecule has 0 amide bonds. The van der Waals surface area contributed by atoms with Gasteiger partial charge in [0, 0.05) is 10.6 Å². The number of hydrogen-bond donors (Lipinski definition) is 0. The molecule has 2 heterocycles. The van der Waals surface area contributed by atoms with Crippen molar-refractivity contribution in [2.45, 2.75) is 39.3 Å². The lowest BCUT2D eigenvalue weighted by atomic mass is 9.93. The molecule has 47 heavy (non-hydrogen) atoms. The molecule has 0 aliphatic carbocycles. The van der Waals surface area contributed by atoms with E-state index in [2.05, 4.69) is 0 Å². The van der Waals surface area contributed by atoms with Crippen molar-refractivity contribution in [2.75, 3.05) is 20.8 Å². The number of fused-ring (bicyclic) bond motifs is 1. The van der Waals surface area contributed by atoms with Crippen LogP contribution < -0.4 is 29.1 Å². The van der Waals surface area contributed by atoms with Crippen molar-refractivity contribution >= 4 is 40.7 Å². The lowest BCUT2D eigenvalue weighted by molar-refractivity contribution is -0.385. The van der Waals surface area contributed by atoms with Gasteiger partial charge in [0.2, 0.25) is 0 Å². The van der Waals surface area contributed by atoms with Crippen molar-refractivity contribution in [1.82, 2.24) is 4.57 Å². The standard InChI is InChI=1S/C34H32ClN3O8S/c1-5-10-24-30(33(40)45-6-2)31(23-17-22(35)13-14-26(23)43-3)37-32(39)29(47-34(37)36-24)16-21-15-27(44-4)28(18-25(21)38(41)42)46-19-20-11-8-7-9-12-20/h7-9,11-18,31H,5-6,10,19H2,1-4H3/b29-16+/t31-/m0/s1. The zero-order valence-corrected chi connectivity index (χ0v) is 27.7. The largest absolute Gasteiger partial charge is 0.496 e. The van der Waals surface area contributed by atoms with E-state index in [9.17, 15) is 19.7 Å². The number of esters is 1. The zero-order chi connectivity index (χ0) is 33.7. The molecule has 5 rings (SSSR count). The molecular formula is C34H32ClN3O8S. The highest BCUT2D eigenvalue weighted by Gasteiger charge is 2.36. The van der Waals surface area contributed by atoms with Gasteiger partial charge in [-0.15, -0.1) is 0 Å². The second-order valence-electron chi connectivity index (χ2n) is 10.4. The first-order chi connectivity index (χ1) is 22.7. The monoisotopic (exact) mass is 677 g/mol. The number of rotatable bonds is 12. The summed E-state index contributed by atoms with van der Waals surface area (Å²) in [6, 6.07) is 16.1. The molecule has 1 aliphatic heterocycles. The highest BCUT2D eigenvalue weighted by atomic mass is 35.5. The third-order valence-electron chi connectivity index (χ3n) is 7.41. The Bertz CT molecular complexity index is 2040. The van der Waals surface area contributed by atoms with E-state index in [4.69, 9.17) is 35.5 Å². The van der Waals surface area contributed by atoms with Crippen LogP contribution in [0.2, 0.25) is 5.02 Å². The lowest BCUT2D eigenvalue weighted by Crippen LogP contribution is -2.40. The normalized spacial score (nSPS) is 14.3. The second-order valence-corrected chi connectivity index (χ2v) is 11.8. The molecule has 11 nitrogen and oxygen atoms in total. The number of nitro benzene ring substituents is 1. The van der Waals surface area contributed by atoms with Crippen molar-refractivity contribution in [3.63, 3.8) is 0 Å². The molecule has 0 radical (unpaired) electrons. The van der Waals surface area contributed by atoms with E-state index in [0.717, 1.165) is 16.9 Å². The summed E-state index contributed by atoms with van der Waals surface area (Å²) in [5, 5.41) is 12.6. The van der Waals surface area contributed by atoms with Crippen molar-refractivity contribution in [1.29, 1.82) is 0 Å². The maximum atomic E-state index is 14.2. The summed E-state index contributed by atoms with van der Waals surface area (Å²) in [5.41, 5.74) is 1.32. The number of allylic oxidation sites excluding steroid dienone is 1. The van der Waals surface area contributed by atoms with Gasteiger partial charge in [0.15, 0.2) is 16.3 Å². The van der Waals surface area contributed by atoms with E-state index < -0.39 is 22.5 Å². The molecule has 0 unspecified atom stereocenters. The van der Waals surface area contributed by atoms with Crippen LogP contribution in [0.1, 0.15) is 49.4 Å². The maximum Gasteiger partial charge on any atom is 0.338 e. The Morgan fingerprint density at radius 1 is 1.06 bits per heavy atom. The van der Waals surface area contributed by atoms with Gasteiger partial charge in [-0.2, -0.15) is 0 Å². The minimum absolute atomic E-state index is 0.113. The number of carbonyl (C=O) groups is 1. The number of methoxy groups -OCH3 is 2. The smallest absolute Gasteiger partial charge is 0.338 e. The molecule has 3 aromatic carbocycles. The Hall–Kier alpha value is -4.94. The van der Waals surface area contributed by atoms with Crippen molar-refractivity contribution in [3.8, 4) is 17.2 Å². The predicted molar refractivity (Wildman–Crippen MR) is 178 cm³/mol. The van der Waals surface area contributed by atoms with E-state index in [-0.39, 0.29) is 46.1 Å². The van der Waals surface area contributed by atoms with Crippen molar-refractivity contribution in [2.24, 2.45) is 4.99 Å². The molecule has 0 saturated heterocycles. The molecule has 1 atom stereocenters. The van der Waals surface area contributed by atoms with Crippen LogP contribution in [0, 0.1) is 10.1 Å². The predicted octanol–water partition coefficient (Wildman–Crippen LogP) is 5.74. The minimum atomic E-state index is -0.985. The second kappa shape index (κ2) is 14.7. The van der Waals surface area contributed by atoms with E-state index in [1.54, 1.807) is 25.1 Å². The molecule has 1 aromatic heterocycles. The zero-order valence-electron chi connectivity index (χ0n) is 26.2. The molecule has 0 saturated carbocycles. The van der Waals surface area contributed by atoms with Gasteiger partial charge in [-0.3, -0.25) is 19.5 Å². The molecule has 1 aliphatic rings. The van der Waals surface area contributed by atoms with Gasteiger partial charge in [0.25, 0.3) is 11.2 Å². The van der Waals surface area contributed by atoms with Crippen LogP contribution >= 0.6 is 22.9 Å². The minimum Gasteiger partial charge on any atom is -0.496 e. The van der Waals surface area contributed by atoms with Gasteiger partial charge in [0.05, 0.1) is 53.2 Å². The summed E-state index contributed by atoms with van der Waals surface area (Å²) in [5.74, 6) is 0.215. The maximum absolute atomic E-state index is 14.2. The number of carbonyl (C=O) groups excluding carboxylic acids is 1. The summed E-state index contributed by atoms with van der Waals surface area (Å²) in [7, 11) is 2.91. The molecule has 0 spiro atoms. The fraction of sp³-hybridized carbons (Fsp3) is 0.265. The Labute approximate surface area is 279 Å². The summed E-state index contributed by atoms with van der Waals surface area (Å²) < 4.78 is 24.0. The summed E-state index contributed by atoms with van der Waals surface area (Å²) in [6.45, 7) is 3.93. The van der Waals surface area contributed by atoms with Gasteiger partial charge >= 0.3 is 5.97 Å². The molecule has 244 valence electrons. The van der Waals surface area contributed by atoms with Crippen LogP contribution in [0.4, 0.5) is 5.69 Å². The van der Waals surface area contributed by atoms with Gasteiger partial charge in [-0.05, 0) is 49.2 Å². The molecule has 4 aromatic rings. The number of halogens is 1. The van der Waals surface area contributed by atoms with Crippen molar-refractivity contribution in [3.05, 3.63) is 123 Å². The highest BCUT2D eigenvalue weighted by molar-refractivity contribution is 7.07. The van der Waals surface area contributed by atoms with Gasteiger partial charge in [-0.1, -0.05) is 66.6 Å². The number of nitrogens with zero attached hydrogens (tertiary/aromatic N) is 3. The molecular weight excluding hydrogens is 646 g/mol. The number of benzene rings is 3. The Morgan fingerprint density at radius 2 is 1.81 bits per heavy atom. The van der Waals surface area contributed by atoms with E-state index in [1.165, 1.54) is 37.0 Å². The van der Waals surface area contributed by atoms with Gasteiger partial charge in [0.1, 0.15) is 18.4 Å². The SMILES string of the molecule is CCCC1=C(C(=O)OCC)[C@H](c2cc(Cl)ccc2OC)n2c(s/c(=C/c3cc(OC)c(OCc4ccccc4)cc3[N+](=O)[O-])c2=O)=N1. The molecule has 0 fully saturated rings. The quantitative estimate of drug-likeness (QED) is 0.105. The summed E-state index contributed by atoms with van der Waals surface area (Å²) in [4.78, 5) is 44.5. The average molecular weight is 678 g/mol. The first-order valence-corrected chi connectivity index (χ1v) is 16.0. The highest BCUT2D eigenvalue weighted by Crippen LogP contribution is 2.39. The number of nitro groups is 1. The number of thiazole rings is 1. The fourth-order valence-electron chi connectivity index (χ4n) is 5.32. The topological polar surface area (TPSA) is 131 Å². The van der Waals surface area contributed by atoms with E-state index in [0.29, 0.717) is 39.7 Å². The third-order valence-corrected chi connectivity index (χ3v) is 8.63.